The Morgan fingerprint density at radius 3 is 2.10 bits per heavy atom. The number of nitrogens with one attached hydrogen (secondary N) is 3. The van der Waals surface area contributed by atoms with Gasteiger partial charge in [0.2, 0.25) is 17.7 Å². The molecule has 0 aliphatic rings. The highest BCUT2D eigenvalue weighted by atomic mass is 16.4. The van der Waals surface area contributed by atoms with Crippen molar-refractivity contribution in [3.8, 4) is 0 Å². The molecule has 0 bridgehead atoms. The first-order valence-electron chi connectivity index (χ1n) is 9.84. The number of aliphatic hydroxyl groups is 1. The van der Waals surface area contributed by atoms with Gasteiger partial charge in [-0.2, -0.15) is 0 Å². The SMILES string of the molecule is NCCCCC(NC(=O)C(CO)NC(=O)C(N)CCCN=C(N)N)C(=O)NCC(=O)O. The highest BCUT2D eigenvalue weighted by Crippen LogP contribution is 2.02. The first-order chi connectivity index (χ1) is 14.6. The molecule has 0 spiro atoms. The van der Waals surface area contributed by atoms with Gasteiger partial charge in [0, 0.05) is 6.54 Å². The van der Waals surface area contributed by atoms with Crippen LogP contribution in [-0.4, -0.2) is 84.2 Å². The third kappa shape index (κ3) is 13.0. The highest BCUT2D eigenvalue weighted by Gasteiger charge is 2.27. The largest absolute Gasteiger partial charge is 0.480 e. The molecule has 0 fully saturated rings. The Hall–Kier alpha value is -2.97. The van der Waals surface area contributed by atoms with Gasteiger partial charge in [-0.25, -0.2) is 0 Å². The summed E-state index contributed by atoms with van der Waals surface area (Å²) in [5.41, 5.74) is 21.6. The fourth-order valence-corrected chi connectivity index (χ4v) is 2.44. The smallest absolute Gasteiger partial charge is 0.322 e. The normalized spacial score (nSPS) is 13.4. The minimum Gasteiger partial charge on any atom is -0.480 e. The van der Waals surface area contributed by atoms with Gasteiger partial charge in [0.15, 0.2) is 5.96 Å². The van der Waals surface area contributed by atoms with Crippen LogP contribution in [0.5, 0.6) is 0 Å². The van der Waals surface area contributed by atoms with Gasteiger partial charge in [-0.3, -0.25) is 24.2 Å². The number of carbonyl (C=O) groups excluding carboxylic acids is 3. The molecular formula is C17H34N8O6. The number of hydrogen-bond acceptors (Lipinski definition) is 8. The van der Waals surface area contributed by atoms with E-state index in [2.05, 4.69) is 20.9 Å². The lowest BCUT2D eigenvalue weighted by Gasteiger charge is -2.23. The van der Waals surface area contributed by atoms with E-state index in [1.54, 1.807) is 0 Å². The monoisotopic (exact) mass is 446 g/mol. The maximum absolute atomic E-state index is 12.5. The Morgan fingerprint density at radius 2 is 1.55 bits per heavy atom. The number of carboxylic acids is 1. The number of guanidine groups is 1. The van der Waals surface area contributed by atoms with Crippen LogP contribution in [0.15, 0.2) is 4.99 Å². The molecule has 0 aromatic rings. The van der Waals surface area contributed by atoms with Crippen LogP contribution < -0.4 is 38.9 Å². The fourth-order valence-electron chi connectivity index (χ4n) is 2.44. The maximum atomic E-state index is 12.5. The first-order valence-corrected chi connectivity index (χ1v) is 9.84. The summed E-state index contributed by atoms with van der Waals surface area (Å²) >= 11 is 0. The number of aliphatic carboxylic acids is 1. The molecule has 0 aromatic carbocycles. The van der Waals surface area contributed by atoms with E-state index in [1.165, 1.54) is 0 Å². The number of carbonyl (C=O) groups is 4. The average Bonchev–Trinajstić information content (AvgIpc) is 2.71. The van der Waals surface area contributed by atoms with Crippen molar-refractivity contribution < 1.29 is 29.4 Å². The van der Waals surface area contributed by atoms with Crippen molar-refractivity contribution in [1.82, 2.24) is 16.0 Å². The van der Waals surface area contributed by atoms with Gasteiger partial charge >= 0.3 is 5.97 Å². The summed E-state index contributed by atoms with van der Waals surface area (Å²) in [6.07, 6.45) is 1.95. The lowest BCUT2D eigenvalue weighted by molar-refractivity contribution is -0.138. The molecule has 3 amide bonds. The summed E-state index contributed by atoms with van der Waals surface area (Å²) in [5.74, 6) is -3.51. The zero-order valence-electron chi connectivity index (χ0n) is 17.4. The lowest BCUT2D eigenvalue weighted by atomic mass is 10.1. The molecule has 0 heterocycles. The molecule has 178 valence electrons. The van der Waals surface area contributed by atoms with Crippen molar-refractivity contribution in [3.63, 3.8) is 0 Å². The van der Waals surface area contributed by atoms with E-state index in [0.717, 1.165) is 0 Å². The molecule has 3 unspecified atom stereocenters. The van der Waals surface area contributed by atoms with Crippen molar-refractivity contribution in [2.75, 3.05) is 26.2 Å². The average molecular weight is 447 g/mol. The summed E-state index contributed by atoms with van der Waals surface area (Å²) in [7, 11) is 0. The van der Waals surface area contributed by atoms with Crippen molar-refractivity contribution >= 4 is 29.7 Å². The van der Waals surface area contributed by atoms with E-state index in [4.69, 9.17) is 28.0 Å². The lowest BCUT2D eigenvalue weighted by Crippen LogP contribution is -2.57. The van der Waals surface area contributed by atoms with E-state index in [-0.39, 0.29) is 25.3 Å². The van der Waals surface area contributed by atoms with Gasteiger partial charge in [0.25, 0.3) is 0 Å². The molecule has 0 saturated carbocycles. The van der Waals surface area contributed by atoms with E-state index >= 15 is 0 Å². The predicted molar refractivity (Wildman–Crippen MR) is 112 cm³/mol. The predicted octanol–water partition coefficient (Wildman–Crippen LogP) is -4.34. The number of rotatable bonds is 16. The number of nitrogens with two attached hydrogens (primary N) is 4. The minimum absolute atomic E-state index is 0.0801. The number of carboxylic acid groups (broad SMARTS) is 1. The second-order valence-electron chi connectivity index (χ2n) is 6.76. The van der Waals surface area contributed by atoms with Crippen molar-refractivity contribution in [2.45, 2.75) is 50.2 Å². The summed E-state index contributed by atoms with van der Waals surface area (Å²) in [5, 5.41) is 25.1. The van der Waals surface area contributed by atoms with E-state index in [1.807, 2.05) is 0 Å². The van der Waals surface area contributed by atoms with E-state index in [9.17, 15) is 24.3 Å². The van der Waals surface area contributed by atoms with E-state index < -0.39 is 55.0 Å². The van der Waals surface area contributed by atoms with Gasteiger partial charge in [-0.1, -0.05) is 0 Å². The molecule has 0 aliphatic carbocycles. The number of amides is 3. The Bertz CT molecular complexity index is 626. The molecule has 0 aliphatic heterocycles. The van der Waals surface area contributed by atoms with Crippen molar-refractivity contribution in [2.24, 2.45) is 27.9 Å². The summed E-state index contributed by atoms with van der Waals surface area (Å²) < 4.78 is 0. The number of unbranched alkanes of at least 4 members (excludes halogenated alkanes) is 1. The Labute approximate surface area is 180 Å². The van der Waals surface area contributed by atoms with Crippen LogP contribution in [0.2, 0.25) is 0 Å². The van der Waals surface area contributed by atoms with Crippen LogP contribution in [-0.2, 0) is 19.2 Å². The molecule has 31 heavy (non-hydrogen) atoms. The van der Waals surface area contributed by atoms with Gasteiger partial charge in [0.1, 0.15) is 18.6 Å². The Morgan fingerprint density at radius 1 is 0.903 bits per heavy atom. The zero-order chi connectivity index (χ0) is 23.8. The van der Waals surface area contributed by atoms with Crippen LogP contribution in [0.4, 0.5) is 0 Å². The van der Waals surface area contributed by atoms with Crippen molar-refractivity contribution in [3.05, 3.63) is 0 Å². The fraction of sp³-hybridized carbons (Fsp3) is 0.706. The van der Waals surface area contributed by atoms with Crippen LogP contribution >= 0.6 is 0 Å². The molecule has 0 saturated heterocycles. The molecule has 0 rings (SSSR count). The van der Waals surface area contributed by atoms with Gasteiger partial charge in [-0.05, 0) is 38.6 Å². The second kappa shape index (κ2) is 15.8. The molecule has 0 radical (unpaired) electrons. The second-order valence-corrected chi connectivity index (χ2v) is 6.76. The highest BCUT2D eigenvalue weighted by molar-refractivity contribution is 5.93. The van der Waals surface area contributed by atoms with Gasteiger partial charge < -0.3 is 49.1 Å². The maximum Gasteiger partial charge on any atom is 0.322 e. The third-order valence-corrected chi connectivity index (χ3v) is 4.11. The third-order valence-electron chi connectivity index (χ3n) is 4.11. The Kier molecular flexibility index (Phi) is 14.3. The van der Waals surface area contributed by atoms with Crippen LogP contribution in [0.3, 0.4) is 0 Å². The number of aliphatic hydroxyl groups excluding tert-OH is 1. The van der Waals surface area contributed by atoms with Gasteiger partial charge in [-0.15, -0.1) is 0 Å². The van der Waals surface area contributed by atoms with E-state index in [0.29, 0.717) is 25.8 Å². The van der Waals surface area contributed by atoms with Crippen LogP contribution in [0, 0.1) is 0 Å². The van der Waals surface area contributed by atoms with Crippen LogP contribution in [0.25, 0.3) is 0 Å². The molecule has 14 nitrogen and oxygen atoms in total. The Balaban J connectivity index is 4.86. The van der Waals surface area contributed by atoms with Crippen molar-refractivity contribution in [1.29, 1.82) is 0 Å². The summed E-state index contributed by atoms with van der Waals surface area (Å²) in [6.45, 7) is -0.682. The standard InChI is InChI=1S/C17H34N8O6/c18-6-2-1-5-11(15(30)23-8-13(27)28)24-16(31)12(9-26)25-14(29)10(19)4-3-7-22-17(20)21/h10-12,26H,1-9,18-19H2,(H,23,30)(H,24,31)(H,25,29)(H,27,28)(H4,20,21,22). The van der Waals surface area contributed by atoms with Gasteiger partial charge in [0.05, 0.1) is 12.6 Å². The number of nitrogens with zero attached hydrogens (tertiary/aromatic N) is 1. The summed E-state index contributed by atoms with van der Waals surface area (Å²) in [6, 6.07) is -3.37. The quantitative estimate of drug-likeness (QED) is 0.0624. The molecule has 0 aromatic heterocycles. The number of aliphatic imine (C=N–C) groups is 1. The number of hydrogen-bond donors (Lipinski definition) is 9. The molecule has 3 atom stereocenters. The first kappa shape index (κ1) is 28.0. The molecule has 14 heteroatoms. The van der Waals surface area contributed by atoms with Crippen LogP contribution in [0.1, 0.15) is 32.1 Å². The zero-order valence-corrected chi connectivity index (χ0v) is 17.4. The topological polar surface area (TPSA) is 261 Å². The molecular weight excluding hydrogens is 412 g/mol. The molecule has 13 N–H and O–H groups in total. The summed E-state index contributed by atoms with van der Waals surface area (Å²) in [4.78, 5) is 51.2. The minimum atomic E-state index is -1.35.